The lowest BCUT2D eigenvalue weighted by atomic mass is 10.1. The average Bonchev–Trinajstić information content (AvgIpc) is 2.83. The molecular formula is C11H8N4O5S. The third-order valence-corrected chi connectivity index (χ3v) is 3.35. The van der Waals surface area contributed by atoms with Crippen molar-refractivity contribution in [3.63, 3.8) is 0 Å². The molecule has 0 saturated carbocycles. The van der Waals surface area contributed by atoms with Gasteiger partial charge in [-0.3, -0.25) is 30.3 Å². The summed E-state index contributed by atoms with van der Waals surface area (Å²) in [5, 5.41) is 26.0. The van der Waals surface area contributed by atoms with Crippen LogP contribution >= 0.6 is 11.3 Å². The van der Waals surface area contributed by atoms with Crippen molar-refractivity contribution in [2.24, 2.45) is 0 Å². The summed E-state index contributed by atoms with van der Waals surface area (Å²) in [5.74, 6) is -0.744. The molecule has 1 heterocycles. The Morgan fingerprint density at radius 2 is 2.00 bits per heavy atom. The molecule has 2 aromatic rings. The van der Waals surface area contributed by atoms with Gasteiger partial charge in [-0.2, -0.15) is 0 Å². The lowest BCUT2D eigenvalue weighted by molar-refractivity contribution is -0.394. The molecule has 21 heavy (non-hydrogen) atoms. The van der Waals surface area contributed by atoms with Crippen LogP contribution < -0.4 is 5.32 Å². The maximum atomic E-state index is 12.0. The number of hydrogen-bond acceptors (Lipinski definition) is 7. The molecule has 0 spiro atoms. The predicted molar refractivity (Wildman–Crippen MR) is 74.6 cm³/mol. The Morgan fingerprint density at radius 1 is 1.29 bits per heavy atom. The minimum absolute atomic E-state index is 0.265. The molecule has 0 fully saturated rings. The lowest BCUT2D eigenvalue weighted by Crippen LogP contribution is -2.14. The predicted octanol–water partition coefficient (Wildman–Crippen LogP) is 2.52. The number of carbonyl (C=O) groups is 1. The zero-order valence-corrected chi connectivity index (χ0v) is 11.4. The minimum Gasteiger partial charge on any atom is -0.298 e. The number of non-ortho nitro benzene ring substituents is 1. The van der Waals surface area contributed by atoms with Crippen LogP contribution in [0.2, 0.25) is 0 Å². The molecule has 0 aliphatic rings. The monoisotopic (exact) mass is 308 g/mol. The van der Waals surface area contributed by atoms with E-state index < -0.39 is 27.1 Å². The highest BCUT2D eigenvalue weighted by Crippen LogP contribution is 2.26. The third kappa shape index (κ3) is 3.17. The second kappa shape index (κ2) is 5.63. The summed E-state index contributed by atoms with van der Waals surface area (Å²) in [6, 6.07) is 2.84. The van der Waals surface area contributed by atoms with Gasteiger partial charge in [0.15, 0.2) is 5.13 Å². The van der Waals surface area contributed by atoms with Crippen LogP contribution in [0.3, 0.4) is 0 Å². The van der Waals surface area contributed by atoms with Crippen molar-refractivity contribution in [2.45, 2.75) is 6.92 Å². The van der Waals surface area contributed by atoms with Crippen molar-refractivity contribution in [2.75, 3.05) is 5.32 Å². The zero-order valence-electron chi connectivity index (χ0n) is 10.6. The largest absolute Gasteiger partial charge is 0.298 e. The van der Waals surface area contributed by atoms with Gasteiger partial charge < -0.3 is 0 Å². The van der Waals surface area contributed by atoms with E-state index in [1.54, 1.807) is 12.3 Å². The van der Waals surface area contributed by atoms with Crippen molar-refractivity contribution >= 4 is 33.8 Å². The summed E-state index contributed by atoms with van der Waals surface area (Å²) in [6.07, 6.45) is 0. The first-order valence-corrected chi connectivity index (χ1v) is 6.43. The van der Waals surface area contributed by atoms with E-state index in [0.717, 1.165) is 18.2 Å². The molecule has 0 bridgehead atoms. The van der Waals surface area contributed by atoms with Gasteiger partial charge >= 0.3 is 0 Å². The maximum absolute atomic E-state index is 12.0. The van der Waals surface area contributed by atoms with Crippen LogP contribution in [0.5, 0.6) is 0 Å². The normalized spacial score (nSPS) is 10.1. The molecule has 0 aliphatic heterocycles. The van der Waals surface area contributed by atoms with Gasteiger partial charge in [0, 0.05) is 11.4 Å². The highest BCUT2D eigenvalue weighted by atomic mass is 32.1. The molecule has 2 rings (SSSR count). The molecule has 1 amide bonds. The molecule has 0 unspecified atom stereocenters. The van der Waals surface area contributed by atoms with E-state index in [-0.39, 0.29) is 5.56 Å². The zero-order chi connectivity index (χ0) is 15.6. The Bertz CT molecular complexity index is 742. The fourth-order valence-electron chi connectivity index (χ4n) is 1.55. The van der Waals surface area contributed by atoms with Gasteiger partial charge in [-0.1, -0.05) is 0 Å². The number of amides is 1. The molecule has 0 aliphatic carbocycles. The van der Waals surface area contributed by atoms with Gasteiger partial charge in [0.25, 0.3) is 17.3 Å². The Labute approximate surface area is 121 Å². The van der Waals surface area contributed by atoms with E-state index in [9.17, 15) is 25.0 Å². The Kier molecular flexibility index (Phi) is 3.89. The van der Waals surface area contributed by atoms with Gasteiger partial charge in [-0.25, -0.2) is 4.98 Å². The Morgan fingerprint density at radius 3 is 2.52 bits per heavy atom. The van der Waals surface area contributed by atoms with Crippen molar-refractivity contribution in [3.8, 4) is 0 Å². The summed E-state index contributed by atoms with van der Waals surface area (Å²) in [5.41, 5.74) is -0.648. The highest BCUT2D eigenvalue weighted by Gasteiger charge is 2.24. The second-order valence-corrected chi connectivity index (χ2v) is 4.82. The van der Waals surface area contributed by atoms with Gasteiger partial charge in [0.05, 0.1) is 21.6 Å². The number of thiazole rings is 1. The van der Waals surface area contributed by atoms with Crippen LogP contribution in [-0.4, -0.2) is 20.7 Å². The van der Waals surface area contributed by atoms with Crippen LogP contribution in [0.1, 0.15) is 16.1 Å². The van der Waals surface area contributed by atoms with E-state index in [2.05, 4.69) is 10.3 Å². The minimum atomic E-state index is -0.838. The molecule has 0 saturated heterocycles. The number of nitrogens with zero attached hydrogens (tertiary/aromatic N) is 3. The van der Waals surface area contributed by atoms with Crippen LogP contribution in [0.15, 0.2) is 23.6 Å². The van der Waals surface area contributed by atoms with Gasteiger partial charge in [-0.05, 0) is 13.0 Å². The molecule has 10 heteroatoms. The summed E-state index contributed by atoms with van der Waals surface area (Å²) >= 11 is 1.17. The number of rotatable bonds is 4. The topological polar surface area (TPSA) is 128 Å². The quantitative estimate of drug-likeness (QED) is 0.682. The molecule has 1 aromatic carbocycles. The lowest BCUT2D eigenvalue weighted by Gasteiger charge is -2.03. The molecular weight excluding hydrogens is 300 g/mol. The average molecular weight is 308 g/mol. The van der Waals surface area contributed by atoms with E-state index in [4.69, 9.17) is 0 Å². The van der Waals surface area contributed by atoms with Crippen molar-refractivity contribution in [3.05, 3.63) is 55.1 Å². The highest BCUT2D eigenvalue weighted by molar-refractivity contribution is 7.13. The number of hydrogen-bond donors (Lipinski definition) is 1. The van der Waals surface area contributed by atoms with Crippen molar-refractivity contribution in [1.82, 2.24) is 4.98 Å². The SMILES string of the molecule is Cc1csc(NC(=O)c2ccc([N+](=O)[O-])cc2[N+](=O)[O-])n1. The van der Waals surface area contributed by atoms with Crippen LogP contribution in [-0.2, 0) is 0 Å². The van der Waals surface area contributed by atoms with E-state index >= 15 is 0 Å². The summed E-state index contributed by atoms with van der Waals surface area (Å²) < 4.78 is 0. The Hall–Kier alpha value is -2.88. The van der Waals surface area contributed by atoms with E-state index in [0.29, 0.717) is 10.8 Å². The standard InChI is InChI=1S/C11H8N4O5S/c1-6-5-21-11(12-6)13-10(16)8-3-2-7(14(17)18)4-9(8)15(19)20/h2-5H,1H3,(H,12,13,16). The van der Waals surface area contributed by atoms with Crippen molar-refractivity contribution < 1.29 is 14.6 Å². The first-order chi connectivity index (χ1) is 9.88. The van der Waals surface area contributed by atoms with E-state index in [1.807, 2.05) is 0 Å². The molecule has 1 N–H and O–H groups in total. The number of carbonyl (C=O) groups excluding carboxylic acids is 1. The number of benzene rings is 1. The Balaban J connectivity index is 2.36. The first-order valence-electron chi connectivity index (χ1n) is 5.55. The number of anilines is 1. The summed E-state index contributed by atoms with van der Waals surface area (Å²) in [4.78, 5) is 36.0. The number of aryl methyl sites for hydroxylation is 1. The van der Waals surface area contributed by atoms with Gasteiger partial charge in [0.1, 0.15) is 5.56 Å². The second-order valence-electron chi connectivity index (χ2n) is 3.96. The van der Waals surface area contributed by atoms with Crippen LogP contribution in [0.25, 0.3) is 0 Å². The van der Waals surface area contributed by atoms with Crippen LogP contribution in [0.4, 0.5) is 16.5 Å². The number of aromatic nitrogens is 1. The number of nitro groups is 2. The fraction of sp³-hybridized carbons (Fsp3) is 0.0909. The van der Waals surface area contributed by atoms with Crippen molar-refractivity contribution in [1.29, 1.82) is 0 Å². The number of nitro benzene ring substituents is 2. The summed E-state index contributed by atoms with van der Waals surface area (Å²) in [7, 11) is 0. The van der Waals surface area contributed by atoms with Crippen LogP contribution in [0, 0.1) is 27.2 Å². The summed E-state index contributed by atoms with van der Waals surface area (Å²) in [6.45, 7) is 1.74. The molecule has 0 radical (unpaired) electrons. The number of nitrogens with one attached hydrogen (secondary N) is 1. The maximum Gasteiger partial charge on any atom is 0.289 e. The van der Waals surface area contributed by atoms with E-state index in [1.165, 1.54) is 11.3 Å². The third-order valence-electron chi connectivity index (χ3n) is 2.47. The molecule has 108 valence electrons. The van der Waals surface area contributed by atoms with Gasteiger partial charge in [-0.15, -0.1) is 11.3 Å². The first kappa shape index (κ1) is 14.5. The molecule has 9 nitrogen and oxygen atoms in total. The smallest absolute Gasteiger partial charge is 0.289 e. The molecule has 1 aromatic heterocycles. The fourth-order valence-corrected chi connectivity index (χ4v) is 2.24. The molecule has 0 atom stereocenters. The van der Waals surface area contributed by atoms with Gasteiger partial charge in [0.2, 0.25) is 0 Å².